The summed E-state index contributed by atoms with van der Waals surface area (Å²) in [6.07, 6.45) is 3.38. The van der Waals surface area contributed by atoms with Gasteiger partial charge in [0.15, 0.2) is 22.5 Å². The second-order valence-electron chi connectivity index (χ2n) is 4.73. The summed E-state index contributed by atoms with van der Waals surface area (Å²) in [5.74, 6) is 3.45. The SMILES string of the molecule is Cn1c(SCc2ncc(-c3cccs3)o2)nnc1-c1ccco1. The molecule has 23 heavy (non-hydrogen) atoms. The van der Waals surface area contributed by atoms with E-state index in [0.29, 0.717) is 23.2 Å². The molecule has 0 atom stereocenters. The lowest BCUT2D eigenvalue weighted by molar-refractivity contribution is 0.530. The van der Waals surface area contributed by atoms with Gasteiger partial charge in [-0.3, -0.25) is 0 Å². The molecule has 0 saturated carbocycles. The zero-order valence-corrected chi connectivity index (χ0v) is 13.8. The second kappa shape index (κ2) is 6.05. The van der Waals surface area contributed by atoms with E-state index in [-0.39, 0.29) is 0 Å². The quantitative estimate of drug-likeness (QED) is 0.508. The minimum atomic E-state index is 0.593. The van der Waals surface area contributed by atoms with Crippen LogP contribution in [0.4, 0.5) is 0 Å². The van der Waals surface area contributed by atoms with Crippen LogP contribution in [0.5, 0.6) is 0 Å². The molecule has 4 rings (SSSR count). The van der Waals surface area contributed by atoms with Crippen LogP contribution in [0.15, 0.2) is 56.1 Å². The van der Waals surface area contributed by atoms with E-state index in [4.69, 9.17) is 8.83 Å². The smallest absolute Gasteiger partial charge is 0.205 e. The molecule has 0 aliphatic heterocycles. The van der Waals surface area contributed by atoms with Crippen LogP contribution in [0, 0.1) is 0 Å². The van der Waals surface area contributed by atoms with Crippen LogP contribution in [0.1, 0.15) is 5.89 Å². The van der Waals surface area contributed by atoms with Gasteiger partial charge in [-0.2, -0.15) is 0 Å². The predicted molar refractivity (Wildman–Crippen MR) is 88.1 cm³/mol. The van der Waals surface area contributed by atoms with Crippen molar-refractivity contribution in [2.75, 3.05) is 0 Å². The maximum absolute atomic E-state index is 5.77. The molecule has 0 bridgehead atoms. The van der Waals surface area contributed by atoms with E-state index in [0.717, 1.165) is 15.8 Å². The fourth-order valence-corrected chi connectivity index (χ4v) is 3.53. The molecule has 6 nitrogen and oxygen atoms in total. The Balaban J connectivity index is 1.48. The lowest BCUT2D eigenvalue weighted by Crippen LogP contribution is -1.94. The van der Waals surface area contributed by atoms with Gasteiger partial charge in [0, 0.05) is 7.05 Å². The summed E-state index contributed by atoms with van der Waals surface area (Å²) < 4.78 is 13.0. The number of rotatable bonds is 5. The highest BCUT2D eigenvalue weighted by Crippen LogP contribution is 2.28. The standard InChI is InChI=1S/C15H12N4O2S2/c1-19-14(10-4-2-6-20-10)17-18-15(19)23-9-13-16-8-11(21-13)12-5-3-7-22-12/h2-8H,9H2,1H3. The zero-order valence-electron chi connectivity index (χ0n) is 12.2. The molecule has 0 aliphatic rings. The Kier molecular flexibility index (Phi) is 3.76. The third kappa shape index (κ3) is 2.82. The molecule has 4 aromatic rings. The Morgan fingerprint density at radius 3 is 2.96 bits per heavy atom. The molecule has 0 saturated heterocycles. The van der Waals surface area contributed by atoms with Gasteiger partial charge >= 0.3 is 0 Å². The summed E-state index contributed by atoms with van der Waals surface area (Å²) >= 11 is 3.15. The normalized spacial score (nSPS) is 11.2. The summed E-state index contributed by atoms with van der Waals surface area (Å²) in [6.45, 7) is 0. The molecule has 0 N–H and O–H groups in total. The van der Waals surface area contributed by atoms with Crippen molar-refractivity contribution in [3.63, 3.8) is 0 Å². The minimum absolute atomic E-state index is 0.593. The van der Waals surface area contributed by atoms with E-state index >= 15 is 0 Å². The highest BCUT2D eigenvalue weighted by molar-refractivity contribution is 7.98. The highest BCUT2D eigenvalue weighted by atomic mass is 32.2. The number of thiophene rings is 1. The molecule has 0 radical (unpaired) electrons. The molecule has 0 aliphatic carbocycles. The number of thioether (sulfide) groups is 1. The van der Waals surface area contributed by atoms with Gasteiger partial charge in [-0.25, -0.2) is 4.98 Å². The third-order valence-corrected chi connectivity index (χ3v) is 5.11. The van der Waals surface area contributed by atoms with Gasteiger partial charge in [0.2, 0.25) is 5.89 Å². The van der Waals surface area contributed by atoms with Crippen LogP contribution in [0.25, 0.3) is 22.2 Å². The maximum Gasteiger partial charge on any atom is 0.205 e. The number of furan rings is 1. The summed E-state index contributed by atoms with van der Waals surface area (Å²) in [7, 11) is 1.91. The van der Waals surface area contributed by atoms with Gasteiger partial charge in [-0.05, 0) is 23.6 Å². The van der Waals surface area contributed by atoms with Crippen molar-refractivity contribution in [1.29, 1.82) is 0 Å². The fraction of sp³-hybridized carbons (Fsp3) is 0.133. The molecule has 0 spiro atoms. The van der Waals surface area contributed by atoms with Crippen LogP contribution < -0.4 is 0 Å². The van der Waals surface area contributed by atoms with E-state index < -0.39 is 0 Å². The molecule has 0 fully saturated rings. The first kappa shape index (κ1) is 14.3. The lowest BCUT2D eigenvalue weighted by Gasteiger charge is -2.00. The number of aromatic nitrogens is 4. The largest absolute Gasteiger partial charge is 0.461 e. The monoisotopic (exact) mass is 344 g/mol. The Morgan fingerprint density at radius 2 is 2.17 bits per heavy atom. The highest BCUT2D eigenvalue weighted by Gasteiger charge is 2.14. The average molecular weight is 344 g/mol. The first-order chi connectivity index (χ1) is 11.3. The number of nitrogens with zero attached hydrogens (tertiary/aromatic N) is 4. The van der Waals surface area contributed by atoms with Crippen LogP contribution in [0.2, 0.25) is 0 Å². The zero-order chi connectivity index (χ0) is 15.6. The number of hydrogen-bond acceptors (Lipinski definition) is 7. The molecule has 8 heteroatoms. The summed E-state index contributed by atoms with van der Waals surface area (Å²) in [4.78, 5) is 5.39. The van der Waals surface area contributed by atoms with Crippen LogP contribution in [0.3, 0.4) is 0 Å². The first-order valence-corrected chi connectivity index (χ1v) is 8.72. The topological polar surface area (TPSA) is 69.9 Å². The number of oxazole rings is 1. The van der Waals surface area contributed by atoms with Gasteiger partial charge in [0.05, 0.1) is 23.1 Å². The molecule has 116 valence electrons. The molecule has 0 unspecified atom stereocenters. The van der Waals surface area contributed by atoms with Crippen LogP contribution in [-0.2, 0) is 12.8 Å². The van der Waals surface area contributed by atoms with E-state index in [1.54, 1.807) is 23.8 Å². The van der Waals surface area contributed by atoms with Crippen molar-refractivity contribution in [3.05, 3.63) is 48.0 Å². The Labute approximate surface area is 140 Å². The van der Waals surface area contributed by atoms with E-state index in [9.17, 15) is 0 Å². The van der Waals surface area contributed by atoms with E-state index in [1.165, 1.54) is 11.8 Å². The van der Waals surface area contributed by atoms with Crippen LogP contribution in [-0.4, -0.2) is 19.7 Å². The summed E-state index contributed by atoms with van der Waals surface area (Å²) in [6, 6.07) is 7.70. The first-order valence-electron chi connectivity index (χ1n) is 6.86. The van der Waals surface area contributed by atoms with E-state index in [1.807, 2.05) is 41.3 Å². The molecule has 0 aromatic carbocycles. The predicted octanol–water partition coefficient (Wildman–Crippen LogP) is 4.08. The van der Waals surface area contributed by atoms with Crippen molar-refractivity contribution in [1.82, 2.24) is 19.7 Å². The summed E-state index contributed by atoms with van der Waals surface area (Å²) in [5, 5.41) is 11.2. The van der Waals surface area contributed by atoms with Crippen molar-refractivity contribution < 1.29 is 8.83 Å². The molecular weight excluding hydrogens is 332 g/mol. The Morgan fingerprint density at radius 1 is 1.22 bits per heavy atom. The van der Waals surface area contributed by atoms with Gasteiger partial charge in [0.1, 0.15) is 0 Å². The van der Waals surface area contributed by atoms with Gasteiger partial charge in [-0.15, -0.1) is 21.5 Å². The molecule has 4 aromatic heterocycles. The fourth-order valence-electron chi connectivity index (χ4n) is 2.10. The van der Waals surface area contributed by atoms with Crippen molar-refractivity contribution in [2.24, 2.45) is 7.05 Å². The van der Waals surface area contributed by atoms with Gasteiger partial charge in [-0.1, -0.05) is 17.8 Å². The maximum atomic E-state index is 5.77. The van der Waals surface area contributed by atoms with Crippen molar-refractivity contribution in [2.45, 2.75) is 10.9 Å². The summed E-state index contributed by atoms with van der Waals surface area (Å²) in [5.41, 5.74) is 0. The molecule has 0 amide bonds. The Bertz CT molecular complexity index is 894. The van der Waals surface area contributed by atoms with E-state index in [2.05, 4.69) is 15.2 Å². The van der Waals surface area contributed by atoms with Crippen molar-refractivity contribution >= 4 is 23.1 Å². The number of hydrogen-bond donors (Lipinski definition) is 0. The Hall–Kier alpha value is -2.32. The van der Waals surface area contributed by atoms with Gasteiger partial charge < -0.3 is 13.4 Å². The average Bonchev–Trinajstić information content (AvgIpc) is 3.33. The molecule has 4 heterocycles. The van der Waals surface area contributed by atoms with Crippen LogP contribution >= 0.6 is 23.1 Å². The molecular formula is C15H12N4O2S2. The lowest BCUT2D eigenvalue weighted by atomic mass is 10.4. The second-order valence-corrected chi connectivity index (χ2v) is 6.62. The third-order valence-electron chi connectivity index (χ3n) is 3.22. The van der Waals surface area contributed by atoms with Crippen molar-refractivity contribution in [3.8, 4) is 22.2 Å². The minimum Gasteiger partial charge on any atom is -0.461 e. The van der Waals surface area contributed by atoms with Gasteiger partial charge in [0.25, 0.3) is 0 Å².